The van der Waals surface area contributed by atoms with Crippen LogP contribution < -0.4 is 5.32 Å². The highest BCUT2D eigenvalue weighted by molar-refractivity contribution is 4.56. The second-order valence-corrected chi connectivity index (χ2v) is 5.68. The normalized spacial score (nSPS) is 11.3. The van der Waals surface area contributed by atoms with Gasteiger partial charge in [-0.15, -0.1) is 0 Å². The van der Waals surface area contributed by atoms with Crippen molar-refractivity contribution in [1.82, 2.24) is 10.2 Å². The summed E-state index contributed by atoms with van der Waals surface area (Å²) in [5, 5.41) is 3.46. The summed E-state index contributed by atoms with van der Waals surface area (Å²) in [7, 11) is 2.24. The van der Waals surface area contributed by atoms with E-state index in [1.807, 2.05) is 0 Å². The van der Waals surface area contributed by atoms with Gasteiger partial charge < -0.3 is 10.2 Å². The number of rotatable bonds is 10. The summed E-state index contributed by atoms with van der Waals surface area (Å²) < 4.78 is 0. The SMILES string of the molecule is C.CC(C)CN(C)CCCCCCNC(C)C. The standard InChI is InChI=1S/C14H32N2.CH4/c1-13(2)12-16(5)11-9-7-6-8-10-15-14(3)4;/h13-15H,6-12H2,1-5H3;1H4. The van der Waals surface area contributed by atoms with E-state index in [9.17, 15) is 0 Å². The molecule has 0 aromatic heterocycles. The van der Waals surface area contributed by atoms with E-state index in [1.54, 1.807) is 0 Å². The van der Waals surface area contributed by atoms with Crippen LogP contribution >= 0.6 is 0 Å². The molecule has 0 atom stereocenters. The molecule has 0 aliphatic rings. The summed E-state index contributed by atoms with van der Waals surface area (Å²) >= 11 is 0. The van der Waals surface area contributed by atoms with Crippen molar-refractivity contribution < 1.29 is 0 Å². The van der Waals surface area contributed by atoms with E-state index in [-0.39, 0.29) is 7.43 Å². The largest absolute Gasteiger partial charge is 0.315 e. The molecule has 0 unspecified atom stereocenters. The Morgan fingerprint density at radius 1 is 0.941 bits per heavy atom. The first-order valence-electron chi connectivity index (χ1n) is 6.94. The molecule has 0 rings (SSSR count). The van der Waals surface area contributed by atoms with Gasteiger partial charge >= 0.3 is 0 Å². The number of hydrogen-bond acceptors (Lipinski definition) is 2. The molecular formula is C15H36N2. The lowest BCUT2D eigenvalue weighted by Gasteiger charge is -2.18. The second kappa shape index (κ2) is 12.4. The highest BCUT2D eigenvalue weighted by Gasteiger charge is 2.00. The molecule has 0 aromatic carbocycles. The van der Waals surface area contributed by atoms with Crippen molar-refractivity contribution in [3.05, 3.63) is 0 Å². The molecule has 0 aromatic rings. The Balaban J connectivity index is 0. The third kappa shape index (κ3) is 15.9. The van der Waals surface area contributed by atoms with Gasteiger partial charge in [0.05, 0.1) is 0 Å². The smallest absolute Gasteiger partial charge is 0.00103 e. The van der Waals surface area contributed by atoms with Gasteiger partial charge in [0, 0.05) is 12.6 Å². The maximum atomic E-state index is 3.46. The van der Waals surface area contributed by atoms with Crippen LogP contribution in [0.4, 0.5) is 0 Å². The Kier molecular flexibility index (Phi) is 14.0. The molecule has 2 heteroatoms. The van der Waals surface area contributed by atoms with Gasteiger partial charge in [-0.05, 0) is 38.9 Å². The highest BCUT2D eigenvalue weighted by Crippen LogP contribution is 2.02. The molecule has 2 nitrogen and oxygen atoms in total. The predicted molar refractivity (Wildman–Crippen MR) is 80.7 cm³/mol. The summed E-state index contributed by atoms with van der Waals surface area (Å²) in [4.78, 5) is 2.46. The zero-order valence-corrected chi connectivity index (χ0v) is 12.1. The summed E-state index contributed by atoms with van der Waals surface area (Å²) in [5.74, 6) is 0.792. The second-order valence-electron chi connectivity index (χ2n) is 5.68. The first-order chi connectivity index (χ1) is 7.52. The Morgan fingerprint density at radius 3 is 2.06 bits per heavy atom. The van der Waals surface area contributed by atoms with Gasteiger partial charge in [-0.2, -0.15) is 0 Å². The van der Waals surface area contributed by atoms with Gasteiger partial charge in [-0.3, -0.25) is 0 Å². The van der Waals surface area contributed by atoms with Crippen LogP contribution in [-0.4, -0.2) is 37.6 Å². The first kappa shape index (κ1) is 19.3. The van der Waals surface area contributed by atoms with E-state index in [1.165, 1.54) is 45.3 Å². The van der Waals surface area contributed by atoms with Crippen molar-refractivity contribution in [1.29, 1.82) is 0 Å². The van der Waals surface area contributed by atoms with Gasteiger partial charge in [0.1, 0.15) is 0 Å². The first-order valence-corrected chi connectivity index (χ1v) is 6.94. The van der Waals surface area contributed by atoms with Crippen molar-refractivity contribution in [3.63, 3.8) is 0 Å². The van der Waals surface area contributed by atoms with Crippen LogP contribution in [0.15, 0.2) is 0 Å². The fourth-order valence-corrected chi connectivity index (χ4v) is 1.97. The zero-order valence-electron chi connectivity index (χ0n) is 12.1. The molecule has 0 aliphatic heterocycles. The Bertz CT molecular complexity index is 144. The van der Waals surface area contributed by atoms with Gasteiger partial charge in [0.2, 0.25) is 0 Å². The molecule has 0 radical (unpaired) electrons. The third-order valence-corrected chi connectivity index (χ3v) is 2.70. The predicted octanol–water partition coefficient (Wildman–Crippen LogP) is 3.77. The minimum atomic E-state index is 0. The van der Waals surface area contributed by atoms with Crippen molar-refractivity contribution >= 4 is 0 Å². The van der Waals surface area contributed by atoms with Crippen molar-refractivity contribution in [3.8, 4) is 0 Å². The Labute approximate surface area is 110 Å². The maximum absolute atomic E-state index is 3.46. The minimum absolute atomic E-state index is 0. The topological polar surface area (TPSA) is 15.3 Å². The number of nitrogens with zero attached hydrogens (tertiary/aromatic N) is 1. The summed E-state index contributed by atoms with van der Waals surface area (Å²) in [6, 6.07) is 0.636. The third-order valence-electron chi connectivity index (χ3n) is 2.70. The van der Waals surface area contributed by atoms with Crippen LogP contribution in [0.25, 0.3) is 0 Å². The Hall–Kier alpha value is -0.0800. The average Bonchev–Trinajstić information content (AvgIpc) is 2.14. The molecule has 106 valence electrons. The van der Waals surface area contributed by atoms with Crippen molar-refractivity contribution in [2.45, 2.75) is 66.8 Å². The van der Waals surface area contributed by atoms with Crippen molar-refractivity contribution in [2.24, 2.45) is 5.92 Å². The van der Waals surface area contributed by atoms with E-state index < -0.39 is 0 Å². The van der Waals surface area contributed by atoms with Crippen LogP contribution in [0.3, 0.4) is 0 Å². The number of unbranched alkanes of at least 4 members (excludes halogenated alkanes) is 3. The molecule has 0 aliphatic carbocycles. The van der Waals surface area contributed by atoms with E-state index >= 15 is 0 Å². The summed E-state index contributed by atoms with van der Waals surface area (Å²) in [6.07, 6.45) is 5.43. The number of hydrogen-bond donors (Lipinski definition) is 1. The summed E-state index contributed by atoms with van der Waals surface area (Å²) in [6.45, 7) is 12.7. The van der Waals surface area contributed by atoms with E-state index in [2.05, 4.69) is 45.0 Å². The van der Waals surface area contributed by atoms with E-state index in [0.717, 1.165) is 5.92 Å². The van der Waals surface area contributed by atoms with Gasteiger partial charge in [0.15, 0.2) is 0 Å². The molecule has 17 heavy (non-hydrogen) atoms. The summed E-state index contributed by atoms with van der Waals surface area (Å²) in [5.41, 5.74) is 0. The minimum Gasteiger partial charge on any atom is -0.315 e. The maximum Gasteiger partial charge on any atom is 0.00103 e. The monoisotopic (exact) mass is 244 g/mol. The lowest BCUT2D eigenvalue weighted by molar-refractivity contribution is 0.288. The molecule has 0 amide bonds. The van der Waals surface area contributed by atoms with Gasteiger partial charge in [-0.25, -0.2) is 0 Å². The van der Waals surface area contributed by atoms with E-state index in [4.69, 9.17) is 0 Å². The van der Waals surface area contributed by atoms with Gasteiger partial charge in [0.25, 0.3) is 0 Å². The quantitative estimate of drug-likeness (QED) is 0.589. The molecule has 0 fully saturated rings. The Morgan fingerprint density at radius 2 is 1.53 bits per heavy atom. The molecule has 0 bridgehead atoms. The van der Waals surface area contributed by atoms with Crippen LogP contribution in [-0.2, 0) is 0 Å². The fraction of sp³-hybridized carbons (Fsp3) is 1.00. The average molecular weight is 244 g/mol. The molecule has 1 N–H and O–H groups in total. The molecule has 0 saturated heterocycles. The van der Waals surface area contributed by atoms with Crippen LogP contribution in [0.5, 0.6) is 0 Å². The molecule has 0 saturated carbocycles. The van der Waals surface area contributed by atoms with Crippen LogP contribution in [0.2, 0.25) is 0 Å². The lowest BCUT2D eigenvalue weighted by Crippen LogP contribution is -2.24. The van der Waals surface area contributed by atoms with Crippen LogP contribution in [0.1, 0.15) is 60.8 Å². The molecular weight excluding hydrogens is 208 g/mol. The molecule has 0 spiro atoms. The highest BCUT2D eigenvalue weighted by atomic mass is 15.1. The van der Waals surface area contributed by atoms with Crippen molar-refractivity contribution in [2.75, 3.05) is 26.7 Å². The van der Waals surface area contributed by atoms with Crippen LogP contribution in [0, 0.1) is 5.92 Å². The molecule has 0 heterocycles. The van der Waals surface area contributed by atoms with E-state index in [0.29, 0.717) is 6.04 Å². The fourth-order valence-electron chi connectivity index (χ4n) is 1.97. The zero-order chi connectivity index (χ0) is 12.4. The van der Waals surface area contributed by atoms with Gasteiger partial charge in [-0.1, -0.05) is 48.0 Å². The number of nitrogens with one attached hydrogen (secondary N) is 1. The lowest BCUT2D eigenvalue weighted by atomic mass is 10.1.